The minimum atomic E-state index is -0.601. The van der Waals surface area contributed by atoms with E-state index in [4.69, 9.17) is 4.42 Å². The summed E-state index contributed by atoms with van der Waals surface area (Å²) in [6.07, 6.45) is 3.32. The number of thioether (sulfide) groups is 2. The number of imide groups is 1. The average Bonchev–Trinajstić information content (AvgIpc) is 3.39. The molecular formula is C23H17N3O6S2. The third-order valence-corrected chi connectivity index (χ3v) is 6.40. The predicted octanol–water partition coefficient (Wildman–Crippen LogP) is 5.25. The number of hydrogen-bond acceptors (Lipinski definition) is 8. The Hall–Kier alpha value is -3.83. The third-order valence-electron chi connectivity index (χ3n) is 4.77. The van der Waals surface area contributed by atoms with E-state index in [0.29, 0.717) is 34.5 Å². The number of nitro benzene ring substituents is 1. The molecule has 4 rings (SSSR count). The maximum Gasteiger partial charge on any atom is 0.294 e. The molecule has 3 amide bonds. The van der Waals surface area contributed by atoms with Crippen LogP contribution in [0.3, 0.4) is 0 Å². The lowest BCUT2D eigenvalue weighted by Gasteiger charge is -2.12. The van der Waals surface area contributed by atoms with Gasteiger partial charge in [-0.2, -0.15) is 0 Å². The van der Waals surface area contributed by atoms with Crippen molar-refractivity contribution in [1.82, 2.24) is 4.90 Å². The predicted molar refractivity (Wildman–Crippen MR) is 130 cm³/mol. The summed E-state index contributed by atoms with van der Waals surface area (Å²) in [5.41, 5.74) is 1.00. The van der Waals surface area contributed by atoms with Crippen LogP contribution in [0.15, 0.2) is 74.9 Å². The van der Waals surface area contributed by atoms with Gasteiger partial charge in [0.15, 0.2) is 0 Å². The van der Waals surface area contributed by atoms with E-state index in [1.165, 1.54) is 30.0 Å². The van der Waals surface area contributed by atoms with Crippen molar-refractivity contribution < 1.29 is 23.7 Å². The number of hydrogen-bond donors (Lipinski definition) is 1. The van der Waals surface area contributed by atoms with Gasteiger partial charge in [-0.1, -0.05) is 18.2 Å². The Labute approximate surface area is 202 Å². The number of nitro groups is 1. The first-order chi connectivity index (χ1) is 16.3. The normalized spacial score (nSPS) is 14.6. The van der Waals surface area contributed by atoms with Gasteiger partial charge in [-0.25, -0.2) is 0 Å². The quantitative estimate of drug-likeness (QED) is 0.204. The topological polar surface area (TPSA) is 123 Å². The largest absolute Gasteiger partial charge is 0.457 e. The number of anilines is 1. The lowest BCUT2D eigenvalue weighted by atomic mass is 10.1. The van der Waals surface area contributed by atoms with E-state index in [-0.39, 0.29) is 10.6 Å². The summed E-state index contributed by atoms with van der Waals surface area (Å²) in [6.45, 7) is -0.414. The van der Waals surface area contributed by atoms with Crippen molar-refractivity contribution in [2.24, 2.45) is 0 Å². The van der Waals surface area contributed by atoms with Crippen molar-refractivity contribution in [3.8, 4) is 11.3 Å². The molecule has 0 aliphatic carbocycles. The second kappa shape index (κ2) is 9.98. The van der Waals surface area contributed by atoms with Crippen LogP contribution in [0.2, 0.25) is 0 Å². The molecule has 9 nitrogen and oxygen atoms in total. The molecule has 2 aromatic carbocycles. The van der Waals surface area contributed by atoms with E-state index >= 15 is 0 Å². The van der Waals surface area contributed by atoms with Crippen LogP contribution in [0.5, 0.6) is 0 Å². The molecule has 1 aromatic heterocycles. The van der Waals surface area contributed by atoms with Crippen LogP contribution in [-0.2, 0) is 9.59 Å². The highest BCUT2D eigenvalue weighted by atomic mass is 32.2. The smallest absolute Gasteiger partial charge is 0.294 e. The summed E-state index contributed by atoms with van der Waals surface area (Å²) in [6, 6.07) is 16.4. The SMILES string of the molecule is CSc1cccc(NC(=O)CN2C(=O)S/C(=C/c3ccc(-c4cccc([N+](=O)[O-])c4)o3)C2=O)c1. The fraction of sp³-hybridized carbons (Fsp3) is 0.0870. The van der Waals surface area contributed by atoms with Crippen molar-refractivity contribution in [2.45, 2.75) is 4.90 Å². The van der Waals surface area contributed by atoms with Crippen LogP contribution in [0.4, 0.5) is 16.2 Å². The molecule has 172 valence electrons. The maximum atomic E-state index is 12.7. The molecule has 2 heterocycles. The van der Waals surface area contributed by atoms with E-state index in [1.54, 1.807) is 42.5 Å². The number of nitrogens with zero attached hydrogens (tertiary/aromatic N) is 2. The van der Waals surface area contributed by atoms with Gasteiger partial charge in [0.05, 0.1) is 9.83 Å². The Morgan fingerprint density at radius 2 is 1.97 bits per heavy atom. The highest BCUT2D eigenvalue weighted by Crippen LogP contribution is 2.33. The van der Waals surface area contributed by atoms with E-state index in [9.17, 15) is 24.5 Å². The van der Waals surface area contributed by atoms with E-state index < -0.39 is 28.5 Å². The van der Waals surface area contributed by atoms with Crippen molar-refractivity contribution in [3.05, 3.63) is 81.4 Å². The van der Waals surface area contributed by atoms with Crippen LogP contribution in [0, 0.1) is 10.1 Å². The van der Waals surface area contributed by atoms with Crippen molar-refractivity contribution in [3.63, 3.8) is 0 Å². The Bertz CT molecular complexity index is 1330. The number of rotatable bonds is 7. The van der Waals surface area contributed by atoms with Crippen molar-refractivity contribution in [1.29, 1.82) is 0 Å². The van der Waals surface area contributed by atoms with Gasteiger partial charge in [-0.3, -0.25) is 29.4 Å². The van der Waals surface area contributed by atoms with Gasteiger partial charge in [-0.15, -0.1) is 11.8 Å². The van der Waals surface area contributed by atoms with E-state index in [0.717, 1.165) is 9.80 Å². The van der Waals surface area contributed by atoms with Gasteiger partial charge in [0.1, 0.15) is 18.1 Å². The Balaban J connectivity index is 1.45. The zero-order valence-corrected chi connectivity index (χ0v) is 19.4. The third kappa shape index (κ3) is 5.21. The van der Waals surface area contributed by atoms with Crippen LogP contribution >= 0.6 is 23.5 Å². The summed E-state index contributed by atoms with van der Waals surface area (Å²) in [4.78, 5) is 49.9. The molecule has 1 aliphatic heterocycles. The summed E-state index contributed by atoms with van der Waals surface area (Å²) < 4.78 is 5.69. The molecule has 0 spiro atoms. The molecule has 0 bridgehead atoms. The molecule has 3 aromatic rings. The molecule has 0 unspecified atom stereocenters. The number of amides is 3. The summed E-state index contributed by atoms with van der Waals surface area (Å²) in [5.74, 6) is -0.421. The molecule has 0 atom stereocenters. The second-order valence-electron chi connectivity index (χ2n) is 7.06. The molecule has 1 aliphatic rings. The molecule has 11 heteroatoms. The van der Waals surface area contributed by atoms with Gasteiger partial charge in [0.25, 0.3) is 16.8 Å². The number of furan rings is 1. The van der Waals surface area contributed by atoms with Crippen molar-refractivity contribution in [2.75, 3.05) is 18.1 Å². The monoisotopic (exact) mass is 495 g/mol. The standard InChI is InChI=1S/C23H17N3O6S2/c1-33-18-7-3-5-15(11-18)24-21(27)13-25-22(28)20(34-23(25)29)12-17-8-9-19(32-17)14-4-2-6-16(10-14)26(30)31/h2-12H,13H2,1H3,(H,24,27)/b20-12+. The molecule has 0 radical (unpaired) electrons. The maximum absolute atomic E-state index is 12.7. The number of non-ortho nitro benzene ring substituents is 1. The summed E-state index contributed by atoms with van der Waals surface area (Å²) in [5, 5.41) is 13.1. The van der Waals surface area contributed by atoms with Gasteiger partial charge in [0.2, 0.25) is 5.91 Å². The Kier molecular flexibility index (Phi) is 6.85. The Morgan fingerprint density at radius 1 is 1.18 bits per heavy atom. The molecule has 1 fully saturated rings. The minimum Gasteiger partial charge on any atom is -0.457 e. The van der Waals surface area contributed by atoms with E-state index in [1.807, 2.05) is 12.3 Å². The van der Waals surface area contributed by atoms with Gasteiger partial charge >= 0.3 is 0 Å². The lowest BCUT2D eigenvalue weighted by molar-refractivity contribution is -0.384. The zero-order chi connectivity index (χ0) is 24.2. The number of carbonyl (C=O) groups is 3. The second-order valence-corrected chi connectivity index (χ2v) is 8.93. The van der Waals surface area contributed by atoms with Crippen LogP contribution in [0.25, 0.3) is 17.4 Å². The first kappa shape index (κ1) is 23.3. The van der Waals surface area contributed by atoms with Crippen LogP contribution in [-0.4, -0.2) is 39.7 Å². The van der Waals surface area contributed by atoms with Crippen LogP contribution < -0.4 is 5.32 Å². The highest BCUT2D eigenvalue weighted by Gasteiger charge is 2.36. The van der Waals surface area contributed by atoms with Gasteiger partial charge in [-0.05, 0) is 48.3 Å². The lowest BCUT2D eigenvalue weighted by Crippen LogP contribution is -2.36. The first-order valence-electron chi connectivity index (χ1n) is 9.88. The minimum absolute atomic E-state index is 0.0741. The molecular weight excluding hydrogens is 478 g/mol. The zero-order valence-electron chi connectivity index (χ0n) is 17.7. The molecule has 0 saturated carbocycles. The first-order valence-corrected chi connectivity index (χ1v) is 11.9. The molecule has 1 saturated heterocycles. The molecule has 1 N–H and O–H groups in total. The number of nitrogens with one attached hydrogen (secondary N) is 1. The fourth-order valence-electron chi connectivity index (χ4n) is 3.17. The van der Waals surface area contributed by atoms with Gasteiger partial charge in [0, 0.05) is 34.4 Å². The Morgan fingerprint density at radius 3 is 2.74 bits per heavy atom. The fourth-order valence-corrected chi connectivity index (χ4v) is 4.45. The van der Waals surface area contributed by atoms with Crippen LogP contribution in [0.1, 0.15) is 5.76 Å². The van der Waals surface area contributed by atoms with Crippen molar-refractivity contribution >= 4 is 58.0 Å². The van der Waals surface area contributed by atoms with E-state index in [2.05, 4.69) is 5.32 Å². The number of carbonyl (C=O) groups excluding carboxylic acids is 3. The number of benzene rings is 2. The summed E-state index contributed by atoms with van der Waals surface area (Å²) >= 11 is 2.24. The highest BCUT2D eigenvalue weighted by molar-refractivity contribution is 8.18. The summed E-state index contributed by atoms with van der Waals surface area (Å²) in [7, 11) is 0. The van der Waals surface area contributed by atoms with Gasteiger partial charge < -0.3 is 9.73 Å². The molecule has 34 heavy (non-hydrogen) atoms. The average molecular weight is 496 g/mol.